The van der Waals surface area contributed by atoms with Crippen molar-refractivity contribution in [3.8, 4) is 5.75 Å². The molecule has 0 bridgehead atoms. The van der Waals surface area contributed by atoms with Gasteiger partial charge in [-0.3, -0.25) is 0 Å². The van der Waals surface area contributed by atoms with Crippen molar-refractivity contribution in [1.82, 2.24) is 0 Å². The van der Waals surface area contributed by atoms with E-state index in [9.17, 15) is 0 Å². The molecule has 1 aromatic carbocycles. The summed E-state index contributed by atoms with van der Waals surface area (Å²) in [6.07, 6.45) is 4.64. The highest BCUT2D eigenvalue weighted by molar-refractivity contribution is 6.33. The summed E-state index contributed by atoms with van der Waals surface area (Å²) in [7, 11) is -1.73. The average molecular weight is 192 g/mol. The summed E-state index contributed by atoms with van der Waals surface area (Å²) in [6, 6.07) is 5.68. The van der Waals surface area contributed by atoms with E-state index in [1.54, 1.807) is 6.07 Å². The zero-order valence-electron chi connectivity index (χ0n) is 7.94. The number of rotatable bonds is 2. The molecule has 74 valence electrons. The van der Waals surface area contributed by atoms with Crippen LogP contribution in [0.15, 0.2) is 18.2 Å². The maximum atomic E-state index is 8.64. The molecule has 0 saturated carbocycles. The zero-order valence-corrected chi connectivity index (χ0v) is 7.94. The van der Waals surface area contributed by atoms with Crippen LogP contribution in [0.4, 0.5) is 0 Å². The van der Waals surface area contributed by atoms with Crippen molar-refractivity contribution in [3.05, 3.63) is 29.3 Å². The maximum absolute atomic E-state index is 8.64. The standard InChI is InChI=1S/C10H13BO3/c12-11(13)14-10-6-5-8-3-1-2-4-9(8)7-10/h5-7,12-13H,1-4H2. The Bertz CT molecular complexity index is 325. The summed E-state index contributed by atoms with van der Waals surface area (Å²) >= 11 is 0. The van der Waals surface area contributed by atoms with Crippen LogP contribution in [0.2, 0.25) is 0 Å². The van der Waals surface area contributed by atoms with Gasteiger partial charge in [0.15, 0.2) is 0 Å². The first-order chi connectivity index (χ1) is 6.75. The summed E-state index contributed by atoms with van der Waals surface area (Å²) < 4.78 is 4.79. The Kier molecular flexibility index (Phi) is 2.75. The van der Waals surface area contributed by atoms with Crippen molar-refractivity contribution >= 4 is 7.32 Å². The van der Waals surface area contributed by atoms with Gasteiger partial charge in [0.05, 0.1) is 0 Å². The molecule has 4 heteroatoms. The Labute approximate surface area is 83.5 Å². The highest BCUT2D eigenvalue weighted by Crippen LogP contribution is 2.25. The lowest BCUT2D eigenvalue weighted by atomic mass is 9.91. The van der Waals surface area contributed by atoms with Crippen LogP contribution in [0, 0.1) is 0 Å². The average Bonchev–Trinajstić information content (AvgIpc) is 2.17. The van der Waals surface area contributed by atoms with E-state index in [-0.39, 0.29) is 0 Å². The summed E-state index contributed by atoms with van der Waals surface area (Å²) in [6.45, 7) is 0. The normalized spacial score (nSPS) is 14.7. The topological polar surface area (TPSA) is 49.7 Å². The second-order valence-corrected chi connectivity index (χ2v) is 3.58. The highest BCUT2D eigenvalue weighted by atomic mass is 16.6. The van der Waals surface area contributed by atoms with Crippen molar-refractivity contribution in [1.29, 1.82) is 0 Å². The van der Waals surface area contributed by atoms with Gasteiger partial charge in [-0.1, -0.05) is 6.07 Å². The number of fused-ring (bicyclic) bond motifs is 1. The summed E-state index contributed by atoms with van der Waals surface area (Å²) in [5, 5.41) is 17.3. The summed E-state index contributed by atoms with van der Waals surface area (Å²) in [5.41, 5.74) is 2.63. The van der Waals surface area contributed by atoms with Crippen molar-refractivity contribution < 1.29 is 14.7 Å². The van der Waals surface area contributed by atoms with Crippen molar-refractivity contribution in [3.63, 3.8) is 0 Å². The molecule has 0 radical (unpaired) electrons. The minimum absolute atomic E-state index is 0.528. The molecule has 0 saturated heterocycles. The van der Waals surface area contributed by atoms with Gasteiger partial charge in [-0.2, -0.15) is 0 Å². The van der Waals surface area contributed by atoms with E-state index in [1.165, 1.54) is 24.0 Å². The van der Waals surface area contributed by atoms with Gasteiger partial charge in [0.2, 0.25) is 0 Å². The predicted molar refractivity (Wildman–Crippen MR) is 53.9 cm³/mol. The van der Waals surface area contributed by atoms with Crippen molar-refractivity contribution in [2.24, 2.45) is 0 Å². The Morgan fingerprint density at radius 3 is 2.50 bits per heavy atom. The lowest BCUT2D eigenvalue weighted by Crippen LogP contribution is -2.20. The van der Waals surface area contributed by atoms with E-state index < -0.39 is 7.32 Å². The zero-order chi connectivity index (χ0) is 9.97. The quantitative estimate of drug-likeness (QED) is 0.684. The monoisotopic (exact) mass is 192 g/mol. The smallest absolute Gasteiger partial charge is 0.512 e. The fourth-order valence-corrected chi connectivity index (χ4v) is 1.90. The Morgan fingerprint density at radius 2 is 1.79 bits per heavy atom. The van der Waals surface area contributed by atoms with Crippen LogP contribution >= 0.6 is 0 Å². The predicted octanol–water partition coefficient (Wildman–Crippen LogP) is 0.914. The number of hydrogen-bond acceptors (Lipinski definition) is 3. The van der Waals surface area contributed by atoms with Crippen LogP contribution in [-0.2, 0) is 12.8 Å². The third kappa shape index (κ3) is 2.08. The molecule has 14 heavy (non-hydrogen) atoms. The van der Waals surface area contributed by atoms with Gasteiger partial charge in [-0.15, -0.1) is 0 Å². The van der Waals surface area contributed by atoms with E-state index in [0.29, 0.717) is 5.75 Å². The molecule has 1 aromatic rings. The Balaban J connectivity index is 2.20. The molecule has 0 atom stereocenters. The van der Waals surface area contributed by atoms with Gasteiger partial charge in [0, 0.05) is 0 Å². The minimum Gasteiger partial charge on any atom is -0.512 e. The van der Waals surface area contributed by atoms with Gasteiger partial charge >= 0.3 is 7.32 Å². The van der Waals surface area contributed by atoms with Gasteiger partial charge in [0.25, 0.3) is 0 Å². The molecular formula is C10H13BO3. The molecule has 0 aliphatic heterocycles. The number of benzene rings is 1. The van der Waals surface area contributed by atoms with E-state index in [4.69, 9.17) is 14.7 Å². The van der Waals surface area contributed by atoms with Crippen LogP contribution in [0.3, 0.4) is 0 Å². The molecule has 1 aliphatic rings. The summed E-state index contributed by atoms with van der Waals surface area (Å²) in [4.78, 5) is 0. The molecule has 0 spiro atoms. The van der Waals surface area contributed by atoms with Crippen LogP contribution in [-0.4, -0.2) is 17.4 Å². The van der Waals surface area contributed by atoms with Gasteiger partial charge in [0.1, 0.15) is 5.75 Å². The molecule has 2 N–H and O–H groups in total. The minimum atomic E-state index is -1.73. The summed E-state index contributed by atoms with van der Waals surface area (Å²) in [5.74, 6) is 0.528. The molecular weight excluding hydrogens is 179 g/mol. The molecule has 3 nitrogen and oxygen atoms in total. The van der Waals surface area contributed by atoms with Gasteiger partial charge < -0.3 is 14.7 Å². The van der Waals surface area contributed by atoms with Crippen LogP contribution < -0.4 is 4.65 Å². The van der Waals surface area contributed by atoms with Crippen LogP contribution in [0.25, 0.3) is 0 Å². The second kappa shape index (κ2) is 4.03. The lowest BCUT2D eigenvalue weighted by Gasteiger charge is -2.16. The van der Waals surface area contributed by atoms with Crippen molar-refractivity contribution in [2.75, 3.05) is 0 Å². The Morgan fingerprint density at radius 1 is 1.07 bits per heavy atom. The molecule has 0 fully saturated rings. The maximum Gasteiger partial charge on any atom is 0.707 e. The molecule has 0 unspecified atom stereocenters. The fraction of sp³-hybridized carbons (Fsp3) is 0.400. The fourth-order valence-electron chi connectivity index (χ4n) is 1.90. The van der Waals surface area contributed by atoms with Gasteiger partial charge in [-0.05, 0) is 48.9 Å². The third-order valence-electron chi connectivity index (χ3n) is 2.56. The molecule has 0 aromatic heterocycles. The largest absolute Gasteiger partial charge is 0.707 e. The number of hydrogen-bond donors (Lipinski definition) is 2. The van der Waals surface area contributed by atoms with Crippen molar-refractivity contribution in [2.45, 2.75) is 25.7 Å². The third-order valence-corrected chi connectivity index (χ3v) is 2.56. The molecule has 1 aliphatic carbocycles. The van der Waals surface area contributed by atoms with Crippen LogP contribution in [0.5, 0.6) is 5.75 Å². The first kappa shape index (κ1) is 9.56. The van der Waals surface area contributed by atoms with E-state index >= 15 is 0 Å². The van der Waals surface area contributed by atoms with E-state index in [2.05, 4.69) is 0 Å². The molecule has 0 heterocycles. The SMILES string of the molecule is OB(O)Oc1ccc2c(c1)CCCC2. The number of aryl methyl sites for hydroxylation is 2. The molecule has 0 amide bonds. The highest BCUT2D eigenvalue weighted by Gasteiger charge is 2.14. The Hall–Kier alpha value is -0.995. The van der Waals surface area contributed by atoms with E-state index in [0.717, 1.165) is 12.8 Å². The first-order valence-corrected chi connectivity index (χ1v) is 4.90. The lowest BCUT2D eigenvalue weighted by molar-refractivity contribution is 0.288. The van der Waals surface area contributed by atoms with Gasteiger partial charge in [-0.25, -0.2) is 0 Å². The van der Waals surface area contributed by atoms with E-state index in [1.807, 2.05) is 12.1 Å². The van der Waals surface area contributed by atoms with Crippen LogP contribution in [0.1, 0.15) is 24.0 Å². The second-order valence-electron chi connectivity index (χ2n) is 3.58. The molecule has 2 rings (SSSR count). The first-order valence-electron chi connectivity index (χ1n) is 4.90.